The lowest BCUT2D eigenvalue weighted by atomic mass is 10.0. The van der Waals surface area contributed by atoms with Crippen LogP contribution in [0.4, 0.5) is 13.2 Å². The molecule has 0 aromatic heterocycles. The van der Waals surface area contributed by atoms with Crippen molar-refractivity contribution in [3.63, 3.8) is 0 Å². The minimum Gasteiger partial charge on any atom is -0.394 e. The quantitative estimate of drug-likeness (QED) is 0.405. The third kappa shape index (κ3) is 7.47. The molecule has 0 amide bonds. The van der Waals surface area contributed by atoms with Crippen molar-refractivity contribution in [2.45, 2.75) is 25.4 Å². The number of likely N-dealkylation sites (N-methyl/N-ethyl adjacent to an activating group) is 1. The Kier molecular flexibility index (Phi) is 8.65. The van der Waals surface area contributed by atoms with Crippen LogP contribution in [0, 0.1) is 0 Å². The van der Waals surface area contributed by atoms with Crippen molar-refractivity contribution in [2.24, 2.45) is 5.16 Å². The highest BCUT2D eigenvalue weighted by Crippen LogP contribution is 2.29. The number of rotatable bonds is 10. The first-order valence-electron chi connectivity index (χ1n) is 7.49. The van der Waals surface area contributed by atoms with Crippen LogP contribution in [0.15, 0.2) is 29.4 Å². The molecule has 0 heterocycles. The highest BCUT2D eigenvalue weighted by molar-refractivity contribution is 6.00. The van der Waals surface area contributed by atoms with Crippen molar-refractivity contribution in [1.82, 2.24) is 5.32 Å². The van der Waals surface area contributed by atoms with Crippen LogP contribution < -0.4 is 5.32 Å². The number of oxime groups is 1. The van der Waals surface area contributed by atoms with E-state index in [1.807, 2.05) is 0 Å². The summed E-state index contributed by atoms with van der Waals surface area (Å²) in [5.74, 6) is 0. The summed E-state index contributed by atoms with van der Waals surface area (Å²) in [5.41, 5.74) is 0.613. The summed E-state index contributed by atoms with van der Waals surface area (Å²) >= 11 is 0. The van der Waals surface area contributed by atoms with E-state index in [9.17, 15) is 13.2 Å². The van der Waals surface area contributed by atoms with Crippen LogP contribution in [0.5, 0.6) is 0 Å². The van der Waals surface area contributed by atoms with Gasteiger partial charge in [0, 0.05) is 20.3 Å². The van der Waals surface area contributed by atoms with E-state index in [1.165, 1.54) is 12.1 Å². The van der Waals surface area contributed by atoms with Crippen LogP contribution in [0.1, 0.15) is 30.4 Å². The summed E-state index contributed by atoms with van der Waals surface area (Å²) in [4.78, 5) is 5.22. The molecular weight excluding hydrogens is 309 g/mol. The lowest BCUT2D eigenvalue weighted by molar-refractivity contribution is -0.137. The number of ether oxygens (including phenoxy) is 1. The number of halogens is 3. The van der Waals surface area contributed by atoms with Crippen LogP contribution in [0.2, 0.25) is 0 Å². The van der Waals surface area contributed by atoms with E-state index in [1.54, 1.807) is 14.2 Å². The van der Waals surface area contributed by atoms with Crippen LogP contribution in [-0.4, -0.2) is 39.6 Å². The molecular formula is C16H23F3N2O2. The second-order valence-electron chi connectivity index (χ2n) is 5.00. The predicted octanol–water partition coefficient (Wildman–Crippen LogP) is 3.46. The SMILES string of the molecule is CNCCO/N=C(/CCCCOC)c1ccc(C(F)(F)F)cc1. The third-order valence-corrected chi connectivity index (χ3v) is 3.18. The number of hydrogen-bond donors (Lipinski definition) is 1. The van der Waals surface area contributed by atoms with Gasteiger partial charge in [-0.2, -0.15) is 13.2 Å². The Morgan fingerprint density at radius 2 is 1.83 bits per heavy atom. The van der Waals surface area contributed by atoms with E-state index >= 15 is 0 Å². The molecule has 0 radical (unpaired) electrons. The topological polar surface area (TPSA) is 42.8 Å². The molecule has 1 aromatic carbocycles. The second-order valence-corrected chi connectivity index (χ2v) is 5.00. The number of unbranched alkanes of at least 4 members (excludes halogenated alkanes) is 1. The average Bonchev–Trinajstić information content (AvgIpc) is 2.53. The van der Waals surface area contributed by atoms with Crippen molar-refractivity contribution in [1.29, 1.82) is 0 Å². The van der Waals surface area contributed by atoms with Crippen molar-refractivity contribution in [3.8, 4) is 0 Å². The summed E-state index contributed by atoms with van der Waals surface area (Å²) in [6, 6.07) is 4.99. The summed E-state index contributed by atoms with van der Waals surface area (Å²) in [6.45, 7) is 1.69. The molecule has 23 heavy (non-hydrogen) atoms. The van der Waals surface area contributed by atoms with Gasteiger partial charge in [-0.15, -0.1) is 0 Å². The molecule has 0 spiro atoms. The maximum Gasteiger partial charge on any atom is 0.416 e. The van der Waals surface area contributed by atoms with E-state index in [4.69, 9.17) is 9.57 Å². The fraction of sp³-hybridized carbons (Fsp3) is 0.562. The smallest absolute Gasteiger partial charge is 0.394 e. The maximum atomic E-state index is 12.6. The van der Waals surface area contributed by atoms with Crippen LogP contribution in [-0.2, 0) is 15.8 Å². The normalized spacial score (nSPS) is 12.5. The van der Waals surface area contributed by atoms with Gasteiger partial charge in [0.2, 0.25) is 0 Å². The third-order valence-electron chi connectivity index (χ3n) is 3.18. The van der Waals surface area contributed by atoms with Gasteiger partial charge >= 0.3 is 6.18 Å². The number of nitrogens with zero attached hydrogens (tertiary/aromatic N) is 1. The zero-order valence-corrected chi connectivity index (χ0v) is 13.4. The molecule has 0 saturated carbocycles. The monoisotopic (exact) mass is 332 g/mol. The van der Waals surface area contributed by atoms with Crippen molar-refractivity contribution >= 4 is 5.71 Å². The lowest BCUT2D eigenvalue weighted by Gasteiger charge is -2.10. The Morgan fingerprint density at radius 1 is 1.13 bits per heavy atom. The second kappa shape index (κ2) is 10.2. The minimum atomic E-state index is -4.34. The van der Waals surface area contributed by atoms with Crippen LogP contribution >= 0.6 is 0 Å². The molecule has 130 valence electrons. The first-order valence-corrected chi connectivity index (χ1v) is 7.49. The van der Waals surface area contributed by atoms with E-state index in [-0.39, 0.29) is 0 Å². The maximum absolute atomic E-state index is 12.6. The zero-order valence-electron chi connectivity index (χ0n) is 13.4. The summed E-state index contributed by atoms with van der Waals surface area (Å²) in [6.07, 6.45) is -2.04. The van der Waals surface area contributed by atoms with Crippen molar-refractivity contribution in [2.75, 3.05) is 33.9 Å². The van der Waals surface area contributed by atoms with Gasteiger partial charge < -0.3 is 14.9 Å². The number of nitrogens with one attached hydrogen (secondary N) is 1. The van der Waals surface area contributed by atoms with Crippen LogP contribution in [0.3, 0.4) is 0 Å². The van der Waals surface area contributed by atoms with Gasteiger partial charge in [-0.25, -0.2) is 0 Å². The first-order chi connectivity index (χ1) is 11.0. The Bertz CT molecular complexity index is 473. The Labute approximate surface area is 134 Å². The molecule has 0 saturated heterocycles. The molecule has 0 aliphatic rings. The predicted molar refractivity (Wildman–Crippen MR) is 83.6 cm³/mol. The number of methoxy groups -OCH3 is 1. The average molecular weight is 332 g/mol. The van der Waals surface area contributed by atoms with Gasteiger partial charge in [0.1, 0.15) is 6.61 Å². The van der Waals surface area contributed by atoms with Gasteiger partial charge in [-0.3, -0.25) is 0 Å². The molecule has 0 atom stereocenters. The van der Waals surface area contributed by atoms with Gasteiger partial charge in [0.15, 0.2) is 0 Å². The molecule has 1 rings (SSSR count). The Morgan fingerprint density at radius 3 is 2.39 bits per heavy atom. The van der Waals surface area contributed by atoms with Crippen molar-refractivity contribution < 1.29 is 22.7 Å². The molecule has 1 N–H and O–H groups in total. The number of benzene rings is 1. The fourth-order valence-electron chi connectivity index (χ4n) is 1.90. The lowest BCUT2D eigenvalue weighted by Crippen LogP contribution is -2.13. The Balaban J connectivity index is 2.76. The van der Waals surface area contributed by atoms with Gasteiger partial charge in [0.05, 0.1) is 11.3 Å². The zero-order chi connectivity index (χ0) is 17.1. The molecule has 1 aromatic rings. The standard InChI is InChI=1S/C16H23F3N2O2/c1-20-10-12-23-21-15(5-3-4-11-22-2)13-6-8-14(9-7-13)16(17,18)19/h6-9,20H,3-5,10-12H2,1-2H3/b21-15-. The summed E-state index contributed by atoms with van der Waals surface area (Å²) in [5, 5.41) is 7.00. The van der Waals surface area contributed by atoms with E-state index in [0.29, 0.717) is 37.5 Å². The minimum absolute atomic E-state index is 0.401. The van der Waals surface area contributed by atoms with Crippen LogP contribution in [0.25, 0.3) is 0 Å². The number of hydrogen-bond acceptors (Lipinski definition) is 4. The molecule has 0 unspecified atom stereocenters. The molecule has 0 fully saturated rings. The Hall–Kier alpha value is -1.60. The molecule has 0 aliphatic heterocycles. The highest BCUT2D eigenvalue weighted by atomic mass is 19.4. The van der Waals surface area contributed by atoms with E-state index in [0.717, 1.165) is 25.0 Å². The molecule has 0 bridgehead atoms. The summed E-state index contributed by atoms with van der Waals surface area (Å²) in [7, 11) is 3.43. The van der Waals surface area contributed by atoms with Gasteiger partial charge in [0.25, 0.3) is 0 Å². The van der Waals surface area contributed by atoms with Crippen molar-refractivity contribution in [3.05, 3.63) is 35.4 Å². The van der Waals surface area contributed by atoms with E-state index in [2.05, 4.69) is 10.5 Å². The molecule has 7 heteroatoms. The first kappa shape index (κ1) is 19.4. The fourth-order valence-corrected chi connectivity index (χ4v) is 1.90. The summed E-state index contributed by atoms with van der Waals surface area (Å²) < 4.78 is 42.9. The highest BCUT2D eigenvalue weighted by Gasteiger charge is 2.30. The van der Waals surface area contributed by atoms with Gasteiger partial charge in [-0.05, 0) is 44.0 Å². The van der Waals surface area contributed by atoms with Gasteiger partial charge in [-0.1, -0.05) is 17.3 Å². The number of alkyl halides is 3. The largest absolute Gasteiger partial charge is 0.416 e. The molecule has 0 aliphatic carbocycles. The van der Waals surface area contributed by atoms with E-state index < -0.39 is 11.7 Å². The molecule has 4 nitrogen and oxygen atoms in total.